The lowest BCUT2D eigenvalue weighted by atomic mass is 9.87. The average molecular weight is 414 g/mol. The number of carboxylic acids is 1. The summed E-state index contributed by atoms with van der Waals surface area (Å²) in [6.45, 7) is 5.79. The Morgan fingerprint density at radius 3 is 2.38 bits per heavy atom. The molecule has 2 aromatic carbocycles. The molecule has 0 aliphatic carbocycles. The highest BCUT2D eigenvalue weighted by molar-refractivity contribution is 6.30. The van der Waals surface area contributed by atoms with E-state index in [-0.39, 0.29) is 17.6 Å². The summed E-state index contributed by atoms with van der Waals surface area (Å²) in [6, 6.07) is 11.3. The second-order valence-corrected chi connectivity index (χ2v) is 7.92. The number of hydrogen-bond acceptors (Lipinski definition) is 3. The number of aromatic hydroxyl groups is 1. The van der Waals surface area contributed by atoms with Gasteiger partial charge in [0.1, 0.15) is 5.75 Å². The molecular formula is C23H24ClNO4. The molecule has 0 saturated heterocycles. The van der Waals surface area contributed by atoms with E-state index >= 15 is 0 Å². The van der Waals surface area contributed by atoms with Gasteiger partial charge in [0.05, 0.1) is 11.4 Å². The fourth-order valence-electron chi connectivity index (χ4n) is 3.77. The molecule has 2 N–H and O–H groups in total. The van der Waals surface area contributed by atoms with Crippen molar-refractivity contribution in [1.29, 1.82) is 0 Å². The minimum Gasteiger partial charge on any atom is -0.508 e. The van der Waals surface area contributed by atoms with E-state index in [4.69, 9.17) is 11.6 Å². The predicted molar refractivity (Wildman–Crippen MR) is 114 cm³/mol. The minimum absolute atomic E-state index is 0.0301. The number of aromatic nitrogens is 1. The summed E-state index contributed by atoms with van der Waals surface area (Å²) in [5, 5.41) is 21.1. The van der Waals surface area contributed by atoms with Gasteiger partial charge < -0.3 is 10.2 Å². The van der Waals surface area contributed by atoms with E-state index in [0.29, 0.717) is 39.2 Å². The first-order valence-electron chi connectivity index (χ1n) is 9.61. The van der Waals surface area contributed by atoms with Crippen LogP contribution in [0.1, 0.15) is 54.2 Å². The highest BCUT2D eigenvalue weighted by Crippen LogP contribution is 2.37. The maximum Gasteiger partial charge on any atom is 0.311 e. The van der Waals surface area contributed by atoms with Crippen LogP contribution >= 0.6 is 11.6 Å². The molecule has 3 rings (SSSR count). The first-order valence-corrected chi connectivity index (χ1v) is 9.99. The molecule has 0 saturated carbocycles. The van der Waals surface area contributed by atoms with Gasteiger partial charge in [0, 0.05) is 21.7 Å². The molecule has 1 unspecified atom stereocenters. The standard InChI is InChI=1S/C23H24ClNO4/c1-4-13(2)11-19(23(28)29)21-14(3)25(20-10-9-17(26)12-18(20)21)22(27)15-5-7-16(24)8-6-15/h5-10,12-13,19,26H,4,11H2,1-3H3,(H,28,29)/t13?,19-/m0/s1. The number of rotatable bonds is 6. The molecule has 1 aromatic heterocycles. The Hall–Kier alpha value is -2.79. The van der Waals surface area contributed by atoms with Crippen LogP contribution in [0.2, 0.25) is 5.02 Å². The molecule has 0 spiro atoms. The lowest BCUT2D eigenvalue weighted by Crippen LogP contribution is -2.18. The summed E-state index contributed by atoms with van der Waals surface area (Å²) in [7, 11) is 0. The fraction of sp³-hybridized carbons (Fsp3) is 0.304. The summed E-state index contributed by atoms with van der Waals surface area (Å²) < 4.78 is 1.53. The highest BCUT2D eigenvalue weighted by atomic mass is 35.5. The summed E-state index contributed by atoms with van der Waals surface area (Å²) in [4.78, 5) is 25.4. The Bertz CT molecular complexity index is 1070. The largest absolute Gasteiger partial charge is 0.508 e. The number of nitrogens with zero attached hydrogens (tertiary/aromatic N) is 1. The number of phenols is 1. The number of hydrogen-bond donors (Lipinski definition) is 2. The van der Waals surface area contributed by atoms with Crippen LogP contribution in [0.15, 0.2) is 42.5 Å². The molecule has 6 heteroatoms. The first-order chi connectivity index (χ1) is 13.7. The maximum atomic E-state index is 13.3. The molecule has 0 amide bonds. The molecule has 0 aliphatic heterocycles. The fourth-order valence-corrected chi connectivity index (χ4v) is 3.89. The third-order valence-electron chi connectivity index (χ3n) is 5.51. The van der Waals surface area contributed by atoms with Crippen molar-refractivity contribution in [1.82, 2.24) is 4.57 Å². The second kappa shape index (κ2) is 8.29. The van der Waals surface area contributed by atoms with Gasteiger partial charge in [-0.05, 0) is 67.3 Å². The SMILES string of the molecule is CCC(C)C[C@H](C(=O)O)c1c(C)n(C(=O)c2ccc(Cl)cc2)c2ccc(O)cc12. The second-order valence-electron chi connectivity index (χ2n) is 7.49. The smallest absolute Gasteiger partial charge is 0.311 e. The number of phenolic OH excluding ortho intramolecular Hbond substituents is 1. The maximum absolute atomic E-state index is 13.3. The minimum atomic E-state index is -0.935. The van der Waals surface area contributed by atoms with Crippen molar-refractivity contribution >= 4 is 34.4 Å². The molecule has 0 fully saturated rings. The molecule has 29 heavy (non-hydrogen) atoms. The van der Waals surface area contributed by atoms with Gasteiger partial charge in [0.15, 0.2) is 0 Å². The Labute approximate surface area is 174 Å². The van der Waals surface area contributed by atoms with Gasteiger partial charge in [-0.15, -0.1) is 0 Å². The number of benzene rings is 2. The third-order valence-corrected chi connectivity index (χ3v) is 5.76. The predicted octanol–water partition coefficient (Wildman–Crippen LogP) is 5.60. The van der Waals surface area contributed by atoms with Gasteiger partial charge >= 0.3 is 5.97 Å². The molecular weight excluding hydrogens is 390 g/mol. The Kier molecular flexibility index (Phi) is 5.99. The summed E-state index contributed by atoms with van der Waals surface area (Å²) in [5.41, 5.74) is 2.17. The van der Waals surface area contributed by atoms with E-state index in [0.717, 1.165) is 6.42 Å². The van der Waals surface area contributed by atoms with Gasteiger partial charge in [-0.1, -0.05) is 31.9 Å². The highest BCUT2D eigenvalue weighted by Gasteiger charge is 2.30. The monoisotopic (exact) mass is 413 g/mol. The zero-order valence-corrected chi connectivity index (χ0v) is 17.4. The molecule has 3 aromatic rings. The summed E-state index contributed by atoms with van der Waals surface area (Å²) in [6.07, 6.45) is 1.31. The van der Waals surface area contributed by atoms with Crippen molar-refractivity contribution in [3.8, 4) is 5.75 Å². The zero-order valence-electron chi connectivity index (χ0n) is 16.6. The van der Waals surface area contributed by atoms with Crippen LogP contribution in [0, 0.1) is 12.8 Å². The van der Waals surface area contributed by atoms with Gasteiger partial charge in [0.25, 0.3) is 5.91 Å². The zero-order chi connectivity index (χ0) is 21.3. The van der Waals surface area contributed by atoms with Crippen molar-refractivity contribution in [2.75, 3.05) is 0 Å². The van der Waals surface area contributed by atoms with Gasteiger partial charge in [-0.25, -0.2) is 0 Å². The van der Waals surface area contributed by atoms with Crippen LogP contribution in [0.4, 0.5) is 0 Å². The van der Waals surface area contributed by atoms with E-state index < -0.39 is 11.9 Å². The lowest BCUT2D eigenvalue weighted by Gasteiger charge is -2.17. The number of halogens is 1. The number of carboxylic acid groups (broad SMARTS) is 1. The Balaban J connectivity index is 2.24. The number of carbonyl (C=O) groups is 2. The van der Waals surface area contributed by atoms with Crippen molar-refractivity contribution in [2.24, 2.45) is 5.92 Å². The molecule has 2 atom stereocenters. The van der Waals surface area contributed by atoms with E-state index in [1.165, 1.54) is 16.7 Å². The van der Waals surface area contributed by atoms with Gasteiger partial charge in [0.2, 0.25) is 0 Å². The molecule has 152 valence electrons. The van der Waals surface area contributed by atoms with Crippen LogP contribution < -0.4 is 0 Å². The lowest BCUT2D eigenvalue weighted by molar-refractivity contribution is -0.139. The molecule has 0 aliphatic rings. The summed E-state index contributed by atoms with van der Waals surface area (Å²) >= 11 is 5.94. The Morgan fingerprint density at radius 1 is 1.14 bits per heavy atom. The van der Waals surface area contributed by atoms with Crippen LogP contribution in [-0.4, -0.2) is 26.7 Å². The average Bonchev–Trinajstić information content (AvgIpc) is 2.96. The van der Waals surface area contributed by atoms with Gasteiger partial charge in [-0.3, -0.25) is 14.2 Å². The molecule has 1 heterocycles. The molecule has 0 bridgehead atoms. The van der Waals surface area contributed by atoms with E-state index in [1.807, 2.05) is 13.8 Å². The van der Waals surface area contributed by atoms with Crippen LogP contribution in [-0.2, 0) is 4.79 Å². The van der Waals surface area contributed by atoms with Crippen molar-refractivity contribution in [2.45, 2.75) is 39.5 Å². The van der Waals surface area contributed by atoms with Gasteiger partial charge in [-0.2, -0.15) is 0 Å². The number of fused-ring (bicyclic) bond motifs is 1. The first kappa shape index (κ1) is 20.9. The van der Waals surface area contributed by atoms with E-state index in [1.54, 1.807) is 37.3 Å². The van der Waals surface area contributed by atoms with Crippen LogP contribution in [0.5, 0.6) is 5.75 Å². The molecule has 5 nitrogen and oxygen atoms in total. The van der Waals surface area contributed by atoms with Crippen molar-refractivity contribution < 1.29 is 19.8 Å². The van der Waals surface area contributed by atoms with Crippen molar-refractivity contribution in [3.63, 3.8) is 0 Å². The van der Waals surface area contributed by atoms with Crippen LogP contribution in [0.3, 0.4) is 0 Å². The number of aliphatic carboxylic acids is 1. The quantitative estimate of drug-likeness (QED) is 0.551. The molecule has 0 radical (unpaired) electrons. The number of carbonyl (C=O) groups excluding carboxylic acids is 1. The van der Waals surface area contributed by atoms with Crippen molar-refractivity contribution in [3.05, 3.63) is 64.3 Å². The van der Waals surface area contributed by atoms with Crippen LogP contribution in [0.25, 0.3) is 10.9 Å². The Morgan fingerprint density at radius 2 is 1.79 bits per heavy atom. The van der Waals surface area contributed by atoms with E-state index in [2.05, 4.69) is 0 Å². The van der Waals surface area contributed by atoms with E-state index in [9.17, 15) is 19.8 Å². The topological polar surface area (TPSA) is 79.5 Å². The third kappa shape index (κ3) is 4.01. The normalized spacial score (nSPS) is 13.4. The summed E-state index contributed by atoms with van der Waals surface area (Å²) in [5.74, 6) is -1.74.